The zero-order chi connectivity index (χ0) is 14.8. The van der Waals surface area contributed by atoms with Gasteiger partial charge in [-0.3, -0.25) is 4.79 Å². The first-order valence-electron chi connectivity index (χ1n) is 7.02. The number of rotatable bonds is 4. The normalized spacial score (nSPS) is 17.4. The van der Waals surface area contributed by atoms with Crippen molar-refractivity contribution >= 4 is 15.8 Å². The van der Waals surface area contributed by atoms with Crippen molar-refractivity contribution in [1.29, 1.82) is 0 Å². The summed E-state index contributed by atoms with van der Waals surface area (Å²) in [6.45, 7) is 1.44. The highest BCUT2D eigenvalue weighted by molar-refractivity contribution is 7.89. The molecule has 20 heavy (non-hydrogen) atoms. The van der Waals surface area contributed by atoms with Crippen LogP contribution in [-0.2, 0) is 10.0 Å². The van der Waals surface area contributed by atoms with Gasteiger partial charge in [-0.25, -0.2) is 8.42 Å². The predicted molar refractivity (Wildman–Crippen MR) is 78.3 cm³/mol. The summed E-state index contributed by atoms with van der Waals surface area (Å²) in [7, 11) is -1.87. The summed E-state index contributed by atoms with van der Waals surface area (Å²) < 4.78 is 26.7. The molecule has 0 aliphatic heterocycles. The molecule has 0 atom stereocenters. The molecule has 1 saturated carbocycles. The zero-order valence-corrected chi connectivity index (χ0v) is 12.8. The molecule has 0 amide bonds. The summed E-state index contributed by atoms with van der Waals surface area (Å²) in [4.78, 5) is 11.6. The van der Waals surface area contributed by atoms with Crippen molar-refractivity contribution in [2.45, 2.75) is 50.0 Å². The van der Waals surface area contributed by atoms with Crippen LogP contribution in [0.1, 0.15) is 49.4 Å². The molecule has 0 N–H and O–H groups in total. The molecule has 1 aliphatic rings. The fourth-order valence-electron chi connectivity index (χ4n) is 2.68. The van der Waals surface area contributed by atoms with Gasteiger partial charge in [0.25, 0.3) is 0 Å². The highest BCUT2D eigenvalue weighted by Crippen LogP contribution is 2.26. The first-order chi connectivity index (χ1) is 9.43. The Morgan fingerprint density at radius 1 is 1.20 bits per heavy atom. The largest absolute Gasteiger partial charge is 0.295 e. The van der Waals surface area contributed by atoms with Crippen LogP contribution in [0, 0.1) is 0 Å². The smallest absolute Gasteiger partial charge is 0.243 e. The molecule has 4 nitrogen and oxygen atoms in total. The summed E-state index contributed by atoms with van der Waals surface area (Å²) in [6, 6.07) is 6.37. The third kappa shape index (κ3) is 3.10. The lowest BCUT2D eigenvalue weighted by molar-refractivity contribution is 0.101. The van der Waals surface area contributed by atoms with E-state index in [0.717, 1.165) is 25.7 Å². The SMILES string of the molecule is CC(=O)c1cccc(S(=O)(=O)N(C)C2CCCCC2)c1. The maximum atomic E-state index is 12.6. The van der Waals surface area contributed by atoms with Crippen molar-refractivity contribution in [2.75, 3.05) is 7.05 Å². The quantitative estimate of drug-likeness (QED) is 0.803. The minimum atomic E-state index is -3.51. The standard InChI is InChI=1S/C15H21NO3S/c1-12(17)13-7-6-10-15(11-13)20(18,19)16(2)14-8-4-3-5-9-14/h6-7,10-11,14H,3-5,8-9H2,1-2H3. The van der Waals surface area contributed by atoms with Gasteiger partial charge in [0, 0.05) is 18.7 Å². The van der Waals surface area contributed by atoms with Crippen LogP contribution < -0.4 is 0 Å². The second kappa shape index (κ2) is 6.06. The number of carbonyl (C=O) groups is 1. The number of hydrogen-bond acceptors (Lipinski definition) is 3. The monoisotopic (exact) mass is 295 g/mol. The topological polar surface area (TPSA) is 54.5 Å². The minimum absolute atomic E-state index is 0.0785. The van der Waals surface area contributed by atoms with Crippen LogP contribution in [0.2, 0.25) is 0 Å². The number of sulfonamides is 1. The molecule has 1 aromatic rings. The molecule has 0 saturated heterocycles. The van der Waals surface area contributed by atoms with Crippen LogP contribution in [0.25, 0.3) is 0 Å². The number of nitrogens with zero attached hydrogens (tertiary/aromatic N) is 1. The molecule has 0 heterocycles. The van der Waals surface area contributed by atoms with E-state index < -0.39 is 10.0 Å². The lowest BCUT2D eigenvalue weighted by atomic mass is 9.96. The lowest BCUT2D eigenvalue weighted by Crippen LogP contribution is -2.38. The molecule has 0 spiro atoms. The molecule has 0 aromatic heterocycles. The van der Waals surface area contributed by atoms with E-state index in [1.54, 1.807) is 25.2 Å². The highest BCUT2D eigenvalue weighted by atomic mass is 32.2. The maximum Gasteiger partial charge on any atom is 0.243 e. The Labute approximate surface area is 120 Å². The third-order valence-electron chi connectivity index (χ3n) is 4.01. The van der Waals surface area contributed by atoms with Crippen molar-refractivity contribution in [3.8, 4) is 0 Å². The average molecular weight is 295 g/mol. The molecule has 0 unspecified atom stereocenters. The summed E-state index contributed by atoms with van der Waals surface area (Å²) in [5, 5.41) is 0. The third-order valence-corrected chi connectivity index (χ3v) is 5.91. The van der Waals surface area contributed by atoms with Gasteiger partial charge in [0.1, 0.15) is 0 Å². The molecule has 1 fully saturated rings. The van der Waals surface area contributed by atoms with Crippen LogP contribution in [0.15, 0.2) is 29.2 Å². The van der Waals surface area contributed by atoms with E-state index in [0.29, 0.717) is 5.56 Å². The Morgan fingerprint density at radius 3 is 2.45 bits per heavy atom. The Kier molecular flexibility index (Phi) is 4.60. The van der Waals surface area contributed by atoms with Crippen LogP contribution in [0.4, 0.5) is 0 Å². The van der Waals surface area contributed by atoms with Gasteiger partial charge in [0.05, 0.1) is 4.90 Å². The van der Waals surface area contributed by atoms with Crippen LogP contribution in [0.5, 0.6) is 0 Å². The van der Waals surface area contributed by atoms with Crippen molar-refractivity contribution in [3.05, 3.63) is 29.8 Å². The number of benzene rings is 1. The van der Waals surface area contributed by atoms with Crippen LogP contribution >= 0.6 is 0 Å². The van der Waals surface area contributed by atoms with E-state index in [-0.39, 0.29) is 16.7 Å². The zero-order valence-electron chi connectivity index (χ0n) is 12.0. The van der Waals surface area contributed by atoms with E-state index in [9.17, 15) is 13.2 Å². The van der Waals surface area contributed by atoms with Crippen LogP contribution in [-0.4, -0.2) is 31.6 Å². The van der Waals surface area contributed by atoms with E-state index >= 15 is 0 Å². The van der Waals surface area contributed by atoms with Gasteiger partial charge in [0.15, 0.2) is 5.78 Å². The maximum absolute atomic E-state index is 12.6. The predicted octanol–water partition coefficient (Wildman–Crippen LogP) is 2.84. The van der Waals surface area contributed by atoms with Gasteiger partial charge >= 0.3 is 0 Å². The molecule has 5 heteroatoms. The summed E-state index contributed by atoms with van der Waals surface area (Å²) in [5.41, 5.74) is 0.433. The Hall–Kier alpha value is -1.20. The van der Waals surface area contributed by atoms with Crippen molar-refractivity contribution in [1.82, 2.24) is 4.31 Å². The Morgan fingerprint density at radius 2 is 1.85 bits per heavy atom. The van der Waals surface area contributed by atoms with Gasteiger partial charge in [-0.2, -0.15) is 4.31 Å². The molecule has 0 radical (unpaired) electrons. The number of ketones is 1. The molecule has 1 aromatic carbocycles. The first-order valence-corrected chi connectivity index (χ1v) is 8.46. The first kappa shape index (κ1) is 15.2. The van der Waals surface area contributed by atoms with Gasteiger partial charge in [-0.15, -0.1) is 0 Å². The second-order valence-corrected chi connectivity index (χ2v) is 7.39. The van der Waals surface area contributed by atoms with Crippen LogP contribution in [0.3, 0.4) is 0 Å². The molecule has 1 aliphatic carbocycles. The van der Waals surface area contributed by atoms with Crippen molar-refractivity contribution < 1.29 is 13.2 Å². The molecule has 2 rings (SSSR count). The molecular weight excluding hydrogens is 274 g/mol. The molecule has 0 bridgehead atoms. The van der Waals surface area contributed by atoms with E-state index in [4.69, 9.17) is 0 Å². The molecule has 110 valence electrons. The number of hydrogen-bond donors (Lipinski definition) is 0. The van der Waals surface area contributed by atoms with E-state index in [1.165, 1.54) is 23.7 Å². The second-order valence-electron chi connectivity index (χ2n) is 5.40. The Bertz CT molecular complexity index is 589. The van der Waals surface area contributed by atoms with Gasteiger partial charge in [0.2, 0.25) is 10.0 Å². The van der Waals surface area contributed by atoms with E-state index in [1.807, 2.05) is 0 Å². The van der Waals surface area contributed by atoms with Crippen molar-refractivity contribution in [3.63, 3.8) is 0 Å². The summed E-state index contributed by atoms with van der Waals surface area (Å²) >= 11 is 0. The number of Topliss-reactive ketones (excluding diaryl/α,β-unsaturated/α-hetero) is 1. The highest BCUT2D eigenvalue weighted by Gasteiger charge is 2.29. The van der Waals surface area contributed by atoms with Crippen molar-refractivity contribution in [2.24, 2.45) is 0 Å². The van der Waals surface area contributed by atoms with Gasteiger partial charge < -0.3 is 0 Å². The fraction of sp³-hybridized carbons (Fsp3) is 0.533. The van der Waals surface area contributed by atoms with E-state index in [2.05, 4.69) is 0 Å². The average Bonchev–Trinajstić information content (AvgIpc) is 2.47. The Balaban J connectivity index is 2.29. The minimum Gasteiger partial charge on any atom is -0.295 e. The van der Waals surface area contributed by atoms with Gasteiger partial charge in [-0.05, 0) is 31.9 Å². The fourth-order valence-corrected chi connectivity index (χ4v) is 4.14. The number of carbonyl (C=O) groups excluding carboxylic acids is 1. The summed E-state index contributed by atoms with van der Waals surface area (Å²) in [5.74, 6) is -0.123. The lowest BCUT2D eigenvalue weighted by Gasteiger charge is -2.30. The van der Waals surface area contributed by atoms with Gasteiger partial charge in [-0.1, -0.05) is 31.4 Å². The summed E-state index contributed by atoms with van der Waals surface area (Å²) in [6.07, 6.45) is 5.19. The molecular formula is C15H21NO3S.